The van der Waals surface area contributed by atoms with Crippen molar-refractivity contribution < 1.29 is 0 Å². The molecule has 1 nitrogen and oxygen atoms in total. The summed E-state index contributed by atoms with van der Waals surface area (Å²) in [6.45, 7) is 4.29. The van der Waals surface area contributed by atoms with Crippen molar-refractivity contribution in [1.29, 1.82) is 0 Å². The van der Waals surface area contributed by atoms with E-state index in [0.29, 0.717) is 0 Å². The highest BCUT2D eigenvalue weighted by Crippen LogP contribution is 2.22. The second-order valence-corrected chi connectivity index (χ2v) is 6.85. The molecule has 1 saturated heterocycles. The van der Waals surface area contributed by atoms with Crippen LogP contribution >= 0.6 is 27.7 Å². The zero-order chi connectivity index (χ0) is 12.1. The Morgan fingerprint density at radius 3 is 2.82 bits per heavy atom. The number of rotatable bonds is 4. The Hall–Kier alpha value is 0.01000. The van der Waals surface area contributed by atoms with Crippen LogP contribution in [0.15, 0.2) is 22.7 Å². The SMILES string of the molecule is Cc1ccc(CNCC2CCSCC2)cc1Br. The molecule has 94 valence electrons. The van der Waals surface area contributed by atoms with E-state index in [1.165, 1.54) is 46.5 Å². The number of aryl methyl sites for hydroxylation is 1. The van der Waals surface area contributed by atoms with Crippen molar-refractivity contribution in [1.82, 2.24) is 5.32 Å². The molecule has 0 amide bonds. The Bertz CT molecular complexity index is 361. The molecule has 0 aromatic heterocycles. The van der Waals surface area contributed by atoms with Crippen molar-refractivity contribution >= 4 is 27.7 Å². The summed E-state index contributed by atoms with van der Waals surface area (Å²) in [6.07, 6.45) is 2.77. The van der Waals surface area contributed by atoms with Crippen LogP contribution in [-0.2, 0) is 6.54 Å². The molecular weight excluding hydrogens is 294 g/mol. The van der Waals surface area contributed by atoms with Crippen LogP contribution in [0.4, 0.5) is 0 Å². The van der Waals surface area contributed by atoms with Crippen molar-refractivity contribution in [3.05, 3.63) is 33.8 Å². The quantitative estimate of drug-likeness (QED) is 0.902. The van der Waals surface area contributed by atoms with Crippen LogP contribution in [0.25, 0.3) is 0 Å². The zero-order valence-electron chi connectivity index (χ0n) is 10.3. The van der Waals surface area contributed by atoms with Gasteiger partial charge in [0.05, 0.1) is 0 Å². The number of hydrogen-bond acceptors (Lipinski definition) is 2. The van der Waals surface area contributed by atoms with E-state index in [0.717, 1.165) is 12.5 Å². The van der Waals surface area contributed by atoms with E-state index in [9.17, 15) is 0 Å². The maximum atomic E-state index is 3.59. The predicted octanol–water partition coefficient (Wildman–Crippen LogP) is 3.99. The van der Waals surface area contributed by atoms with Gasteiger partial charge in [-0.05, 0) is 60.9 Å². The predicted molar refractivity (Wildman–Crippen MR) is 80.6 cm³/mol. The van der Waals surface area contributed by atoms with Crippen LogP contribution in [-0.4, -0.2) is 18.1 Å². The molecule has 0 unspecified atom stereocenters. The summed E-state index contributed by atoms with van der Waals surface area (Å²) >= 11 is 5.68. The lowest BCUT2D eigenvalue weighted by Crippen LogP contribution is -2.25. The van der Waals surface area contributed by atoms with Crippen LogP contribution in [0, 0.1) is 12.8 Å². The zero-order valence-corrected chi connectivity index (χ0v) is 12.7. The molecule has 1 aliphatic heterocycles. The number of thioether (sulfide) groups is 1. The highest BCUT2D eigenvalue weighted by atomic mass is 79.9. The van der Waals surface area contributed by atoms with Crippen LogP contribution in [0.5, 0.6) is 0 Å². The molecule has 1 heterocycles. The topological polar surface area (TPSA) is 12.0 Å². The number of halogens is 1. The van der Waals surface area contributed by atoms with E-state index < -0.39 is 0 Å². The molecule has 1 aromatic rings. The molecule has 0 atom stereocenters. The van der Waals surface area contributed by atoms with Gasteiger partial charge >= 0.3 is 0 Å². The lowest BCUT2D eigenvalue weighted by molar-refractivity contribution is 0.447. The molecule has 0 bridgehead atoms. The Labute approximate surface area is 117 Å². The van der Waals surface area contributed by atoms with Crippen molar-refractivity contribution in [2.75, 3.05) is 18.1 Å². The molecule has 0 spiro atoms. The molecule has 0 saturated carbocycles. The van der Waals surface area contributed by atoms with Crippen LogP contribution < -0.4 is 5.32 Å². The molecule has 1 N–H and O–H groups in total. The van der Waals surface area contributed by atoms with Gasteiger partial charge in [0.15, 0.2) is 0 Å². The molecule has 1 aromatic carbocycles. The van der Waals surface area contributed by atoms with Gasteiger partial charge in [0.1, 0.15) is 0 Å². The van der Waals surface area contributed by atoms with Crippen LogP contribution in [0.2, 0.25) is 0 Å². The van der Waals surface area contributed by atoms with E-state index in [2.05, 4.69) is 58.1 Å². The Morgan fingerprint density at radius 1 is 1.35 bits per heavy atom. The first-order valence-electron chi connectivity index (χ1n) is 6.29. The number of nitrogens with one attached hydrogen (secondary N) is 1. The molecule has 3 heteroatoms. The average molecular weight is 314 g/mol. The summed E-state index contributed by atoms with van der Waals surface area (Å²) in [5, 5.41) is 3.59. The Morgan fingerprint density at radius 2 is 2.12 bits per heavy atom. The Kier molecular flexibility index (Phi) is 5.39. The van der Waals surface area contributed by atoms with Crippen molar-refractivity contribution in [3.8, 4) is 0 Å². The maximum absolute atomic E-state index is 3.59. The van der Waals surface area contributed by atoms with Gasteiger partial charge in [-0.2, -0.15) is 11.8 Å². The smallest absolute Gasteiger partial charge is 0.0207 e. The van der Waals surface area contributed by atoms with Crippen LogP contribution in [0.1, 0.15) is 24.0 Å². The fourth-order valence-electron chi connectivity index (χ4n) is 2.12. The third kappa shape index (κ3) is 4.31. The third-order valence-corrected chi connectivity index (χ3v) is 5.24. The first-order chi connectivity index (χ1) is 8.25. The summed E-state index contributed by atoms with van der Waals surface area (Å²) < 4.78 is 1.21. The van der Waals surface area contributed by atoms with Gasteiger partial charge in [-0.25, -0.2) is 0 Å². The maximum Gasteiger partial charge on any atom is 0.0207 e. The van der Waals surface area contributed by atoms with E-state index in [-0.39, 0.29) is 0 Å². The van der Waals surface area contributed by atoms with E-state index >= 15 is 0 Å². The van der Waals surface area contributed by atoms with E-state index in [1.807, 2.05) is 0 Å². The molecule has 1 fully saturated rings. The lowest BCUT2D eigenvalue weighted by Gasteiger charge is -2.21. The van der Waals surface area contributed by atoms with Gasteiger partial charge in [0.25, 0.3) is 0 Å². The lowest BCUT2D eigenvalue weighted by atomic mass is 10.0. The molecule has 17 heavy (non-hydrogen) atoms. The normalized spacial score (nSPS) is 17.3. The number of hydrogen-bond donors (Lipinski definition) is 1. The summed E-state index contributed by atoms with van der Waals surface area (Å²) in [7, 11) is 0. The highest BCUT2D eigenvalue weighted by Gasteiger charge is 2.12. The van der Waals surface area contributed by atoms with Crippen molar-refractivity contribution in [2.45, 2.75) is 26.3 Å². The van der Waals surface area contributed by atoms with E-state index in [1.54, 1.807) is 0 Å². The van der Waals surface area contributed by atoms with Gasteiger partial charge in [-0.15, -0.1) is 0 Å². The molecule has 1 aliphatic rings. The largest absolute Gasteiger partial charge is 0.312 e. The van der Waals surface area contributed by atoms with Gasteiger partial charge in [0, 0.05) is 11.0 Å². The fourth-order valence-corrected chi connectivity index (χ4v) is 3.75. The molecule has 0 radical (unpaired) electrons. The van der Waals surface area contributed by atoms with Gasteiger partial charge in [-0.1, -0.05) is 28.1 Å². The minimum atomic E-state index is 0.894. The molecule has 2 rings (SSSR count). The fraction of sp³-hybridized carbons (Fsp3) is 0.571. The minimum absolute atomic E-state index is 0.894. The summed E-state index contributed by atoms with van der Waals surface area (Å²) in [5.74, 6) is 3.59. The first kappa shape index (κ1) is 13.4. The second kappa shape index (κ2) is 6.81. The molecule has 0 aliphatic carbocycles. The van der Waals surface area contributed by atoms with Gasteiger partial charge in [0.2, 0.25) is 0 Å². The standard InChI is InChI=1S/C14H20BrNS/c1-11-2-3-13(8-14(11)15)10-16-9-12-4-6-17-7-5-12/h2-3,8,12,16H,4-7,9-10H2,1H3. The monoisotopic (exact) mass is 313 g/mol. The summed E-state index contributed by atoms with van der Waals surface area (Å²) in [5.41, 5.74) is 2.67. The molecular formula is C14H20BrNS. The van der Waals surface area contributed by atoms with Gasteiger partial charge < -0.3 is 5.32 Å². The highest BCUT2D eigenvalue weighted by molar-refractivity contribution is 9.10. The summed E-state index contributed by atoms with van der Waals surface area (Å²) in [4.78, 5) is 0. The average Bonchev–Trinajstić information content (AvgIpc) is 2.35. The minimum Gasteiger partial charge on any atom is -0.312 e. The van der Waals surface area contributed by atoms with Gasteiger partial charge in [-0.3, -0.25) is 0 Å². The first-order valence-corrected chi connectivity index (χ1v) is 8.24. The van der Waals surface area contributed by atoms with E-state index in [4.69, 9.17) is 0 Å². The van der Waals surface area contributed by atoms with Crippen molar-refractivity contribution in [3.63, 3.8) is 0 Å². The third-order valence-electron chi connectivity index (χ3n) is 3.34. The number of benzene rings is 1. The van der Waals surface area contributed by atoms with Crippen LogP contribution in [0.3, 0.4) is 0 Å². The van der Waals surface area contributed by atoms with Crippen molar-refractivity contribution in [2.24, 2.45) is 5.92 Å². The second-order valence-electron chi connectivity index (χ2n) is 4.77. The Balaban J connectivity index is 1.75. The summed E-state index contributed by atoms with van der Waals surface area (Å²) in [6, 6.07) is 6.61.